The van der Waals surface area contributed by atoms with Crippen LogP contribution in [0.15, 0.2) is 84.9 Å². The molecule has 0 atom stereocenters. The van der Waals surface area contributed by atoms with Crippen molar-refractivity contribution in [1.82, 2.24) is 15.6 Å². The lowest BCUT2D eigenvalue weighted by molar-refractivity contribution is 0.0953. The van der Waals surface area contributed by atoms with Crippen molar-refractivity contribution >= 4 is 22.9 Å². The van der Waals surface area contributed by atoms with Gasteiger partial charge in [-0.25, -0.2) is 0 Å². The number of nitrogens with one attached hydrogen (secondary N) is 3. The molecule has 32 heavy (non-hydrogen) atoms. The molecule has 5 heteroatoms. The third-order valence-corrected chi connectivity index (χ3v) is 5.26. The number of aromatic amines is 1. The van der Waals surface area contributed by atoms with Gasteiger partial charge in [-0.2, -0.15) is 0 Å². The summed E-state index contributed by atoms with van der Waals surface area (Å²) in [5.41, 5.74) is 4.81. The summed E-state index contributed by atoms with van der Waals surface area (Å²) in [7, 11) is 0. The van der Waals surface area contributed by atoms with E-state index in [1.54, 1.807) is 12.1 Å². The molecule has 5 nitrogen and oxygen atoms in total. The number of carbonyl (C=O) groups excluding carboxylic acids is 1. The smallest absolute Gasteiger partial charge is 0.251 e. The van der Waals surface area contributed by atoms with Gasteiger partial charge in [0.15, 0.2) is 0 Å². The van der Waals surface area contributed by atoms with Crippen LogP contribution >= 0.6 is 0 Å². The molecule has 1 aromatic heterocycles. The molecule has 0 aliphatic carbocycles. The van der Waals surface area contributed by atoms with Gasteiger partial charge in [0.25, 0.3) is 5.91 Å². The molecule has 4 aromatic rings. The maximum atomic E-state index is 12.7. The highest BCUT2D eigenvalue weighted by molar-refractivity contribution is 5.95. The number of amides is 1. The number of fused-ring (bicyclic) bond motifs is 1. The molecule has 0 saturated heterocycles. The van der Waals surface area contributed by atoms with Crippen molar-refractivity contribution in [3.05, 3.63) is 107 Å². The van der Waals surface area contributed by atoms with E-state index in [9.17, 15) is 9.90 Å². The first-order valence-electron chi connectivity index (χ1n) is 10.8. The summed E-state index contributed by atoms with van der Waals surface area (Å²) in [6.07, 6.45) is 4.91. The summed E-state index contributed by atoms with van der Waals surface area (Å²) in [5, 5.41) is 17.0. The summed E-state index contributed by atoms with van der Waals surface area (Å²) in [5.74, 6) is 0.197. The largest absolute Gasteiger partial charge is 0.508 e. The fourth-order valence-corrected chi connectivity index (χ4v) is 3.65. The summed E-state index contributed by atoms with van der Waals surface area (Å²) in [4.78, 5) is 16.0. The maximum Gasteiger partial charge on any atom is 0.251 e. The normalized spacial score (nSPS) is 11.2. The Morgan fingerprint density at radius 1 is 0.938 bits per heavy atom. The molecule has 0 aliphatic heterocycles. The Morgan fingerprint density at radius 3 is 2.62 bits per heavy atom. The van der Waals surface area contributed by atoms with Crippen molar-refractivity contribution < 1.29 is 9.90 Å². The van der Waals surface area contributed by atoms with Gasteiger partial charge in [-0.3, -0.25) is 4.79 Å². The molecule has 0 bridgehead atoms. The van der Waals surface area contributed by atoms with E-state index < -0.39 is 0 Å². The van der Waals surface area contributed by atoms with Gasteiger partial charge in [-0.05, 0) is 47.9 Å². The Labute approximate surface area is 187 Å². The van der Waals surface area contributed by atoms with E-state index in [0.29, 0.717) is 25.2 Å². The van der Waals surface area contributed by atoms with Crippen LogP contribution in [0.2, 0.25) is 0 Å². The van der Waals surface area contributed by atoms with Crippen LogP contribution in [0, 0.1) is 0 Å². The summed E-state index contributed by atoms with van der Waals surface area (Å²) in [6.45, 7) is 1.81. The lowest BCUT2D eigenvalue weighted by atomic mass is 10.1. The van der Waals surface area contributed by atoms with Gasteiger partial charge < -0.3 is 20.7 Å². The second-order valence-electron chi connectivity index (χ2n) is 7.68. The van der Waals surface area contributed by atoms with E-state index in [2.05, 4.69) is 39.9 Å². The maximum absolute atomic E-state index is 12.7. The van der Waals surface area contributed by atoms with Gasteiger partial charge in [0.1, 0.15) is 5.75 Å². The molecule has 1 amide bonds. The van der Waals surface area contributed by atoms with Crippen LogP contribution in [-0.2, 0) is 13.1 Å². The van der Waals surface area contributed by atoms with Crippen molar-refractivity contribution in [1.29, 1.82) is 0 Å². The van der Waals surface area contributed by atoms with Gasteiger partial charge in [0.2, 0.25) is 0 Å². The standard InChI is InChI=1S/C27H27N3O2/c31-24-13-14-26-22(17-24)16-23(30-26)19-28-18-21-11-4-5-12-25(21)27(32)29-15-7-6-10-20-8-2-1-3-9-20/h1-6,8-14,16-17,28,30-31H,7,15,18-19H2,(H,29,32)/b10-6+. The Bertz CT molecular complexity index is 1210. The number of hydrogen-bond donors (Lipinski definition) is 4. The van der Waals surface area contributed by atoms with E-state index in [-0.39, 0.29) is 11.7 Å². The van der Waals surface area contributed by atoms with Crippen LogP contribution in [0.25, 0.3) is 17.0 Å². The Hall–Kier alpha value is -3.83. The minimum atomic E-state index is -0.0587. The number of H-pyrrole nitrogens is 1. The number of carbonyl (C=O) groups is 1. The van der Waals surface area contributed by atoms with Crippen molar-refractivity contribution in [2.75, 3.05) is 6.54 Å². The zero-order valence-corrected chi connectivity index (χ0v) is 17.8. The average Bonchev–Trinajstić information content (AvgIpc) is 3.21. The van der Waals surface area contributed by atoms with Gasteiger partial charge in [0, 0.05) is 41.8 Å². The zero-order valence-electron chi connectivity index (χ0n) is 17.8. The third kappa shape index (κ3) is 5.65. The predicted octanol–water partition coefficient (Wildman–Crippen LogP) is 5.00. The molecule has 0 spiro atoms. The second-order valence-corrected chi connectivity index (χ2v) is 7.68. The average molecular weight is 426 g/mol. The molecule has 0 aliphatic rings. The SMILES string of the molecule is O=C(NCC/C=C/c1ccccc1)c1ccccc1CNCc1cc2cc(O)ccc2[nH]1. The van der Waals surface area contributed by atoms with Crippen molar-refractivity contribution in [2.24, 2.45) is 0 Å². The van der Waals surface area contributed by atoms with Gasteiger partial charge in [0.05, 0.1) is 0 Å². The number of aromatic nitrogens is 1. The Morgan fingerprint density at radius 2 is 1.75 bits per heavy atom. The molecule has 162 valence electrons. The number of benzene rings is 3. The van der Waals surface area contributed by atoms with Crippen LogP contribution in [0.3, 0.4) is 0 Å². The first-order valence-corrected chi connectivity index (χ1v) is 10.8. The monoisotopic (exact) mass is 425 g/mol. The van der Waals surface area contributed by atoms with Gasteiger partial charge >= 0.3 is 0 Å². The minimum Gasteiger partial charge on any atom is -0.508 e. The highest BCUT2D eigenvalue weighted by Crippen LogP contribution is 2.20. The van der Waals surface area contributed by atoms with Gasteiger partial charge in [-0.1, -0.05) is 60.7 Å². The van der Waals surface area contributed by atoms with E-state index in [1.165, 1.54) is 0 Å². The number of phenols is 1. The fourth-order valence-electron chi connectivity index (χ4n) is 3.65. The van der Waals surface area contributed by atoms with E-state index >= 15 is 0 Å². The Balaban J connectivity index is 1.28. The van der Waals surface area contributed by atoms with E-state index in [4.69, 9.17) is 0 Å². The second kappa shape index (κ2) is 10.5. The van der Waals surface area contributed by atoms with Crippen LogP contribution in [-0.4, -0.2) is 22.5 Å². The van der Waals surface area contributed by atoms with E-state index in [1.807, 2.05) is 54.6 Å². The summed E-state index contributed by atoms with van der Waals surface area (Å²) >= 11 is 0. The molecule has 4 N–H and O–H groups in total. The van der Waals surface area contributed by atoms with Crippen molar-refractivity contribution in [2.45, 2.75) is 19.5 Å². The molecule has 0 radical (unpaired) electrons. The third-order valence-electron chi connectivity index (χ3n) is 5.26. The number of phenolic OH excluding ortho intramolecular Hbond substituents is 1. The molecular weight excluding hydrogens is 398 g/mol. The minimum absolute atomic E-state index is 0.0587. The molecule has 3 aromatic carbocycles. The van der Waals surface area contributed by atoms with E-state index in [0.717, 1.165) is 34.1 Å². The molecule has 0 fully saturated rings. The Kier molecular flexibility index (Phi) is 7.00. The lowest BCUT2D eigenvalue weighted by Crippen LogP contribution is -2.26. The van der Waals surface area contributed by atoms with Crippen LogP contribution in [0.4, 0.5) is 0 Å². The van der Waals surface area contributed by atoms with Crippen LogP contribution in [0.5, 0.6) is 5.75 Å². The number of hydrogen-bond acceptors (Lipinski definition) is 3. The fraction of sp³-hybridized carbons (Fsp3) is 0.148. The highest BCUT2D eigenvalue weighted by Gasteiger charge is 2.10. The zero-order chi connectivity index (χ0) is 22.2. The lowest BCUT2D eigenvalue weighted by Gasteiger charge is -2.10. The molecule has 0 saturated carbocycles. The molecule has 1 heterocycles. The quantitative estimate of drug-likeness (QED) is 0.285. The topological polar surface area (TPSA) is 77.2 Å². The number of aromatic hydroxyl groups is 1. The van der Waals surface area contributed by atoms with Crippen LogP contribution < -0.4 is 10.6 Å². The van der Waals surface area contributed by atoms with Crippen LogP contribution in [0.1, 0.15) is 33.6 Å². The van der Waals surface area contributed by atoms with Crippen molar-refractivity contribution in [3.8, 4) is 5.75 Å². The predicted molar refractivity (Wildman–Crippen MR) is 129 cm³/mol. The van der Waals surface area contributed by atoms with Gasteiger partial charge in [-0.15, -0.1) is 0 Å². The summed E-state index contributed by atoms with van der Waals surface area (Å²) in [6, 6.07) is 25.1. The number of rotatable bonds is 9. The first-order chi connectivity index (χ1) is 15.7. The molecule has 0 unspecified atom stereocenters. The highest BCUT2D eigenvalue weighted by atomic mass is 16.3. The first kappa shape index (κ1) is 21.4. The van der Waals surface area contributed by atoms with Crippen molar-refractivity contribution in [3.63, 3.8) is 0 Å². The molecular formula is C27H27N3O2. The summed E-state index contributed by atoms with van der Waals surface area (Å²) < 4.78 is 0. The molecule has 4 rings (SSSR count).